The summed E-state index contributed by atoms with van der Waals surface area (Å²) < 4.78 is 5.11. The van der Waals surface area contributed by atoms with Gasteiger partial charge in [-0.15, -0.1) is 11.6 Å². The summed E-state index contributed by atoms with van der Waals surface area (Å²) in [6.07, 6.45) is -0.392. The van der Waals surface area contributed by atoms with E-state index in [9.17, 15) is 9.59 Å². The van der Waals surface area contributed by atoms with E-state index in [1.165, 1.54) is 4.90 Å². The summed E-state index contributed by atoms with van der Waals surface area (Å²) in [6, 6.07) is 8.31. The monoisotopic (exact) mass is 283 g/mol. The lowest BCUT2D eigenvalue weighted by atomic mass is 10.2. The van der Waals surface area contributed by atoms with Crippen LogP contribution in [0.2, 0.25) is 0 Å². The van der Waals surface area contributed by atoms with Crippen molar-refractivity contribution in [3.05, 3.63) is 35.9 Å². The number of carboxylic acid groups (broad SMARTS) is 1. The first kappa shape index (κ1) is 13.7. The molecule has 19 heavy (non-hydrogen) atoms. The van der Waals surface area contributed by atoms with Crippen LogP contribution in [0.3, 0.4) is 0 Å². The second-order valence-electron chi connectivity index (χ2n) is 4.38. The first-order valence-corrected chi connectivity index (χ1v) is 6.35. The van der Waals surface area contributed by atoms with E-state index in [1.54, 1.807) is 0 Å². The number of amides is 1. The van der Waals surface area contributed by atoms with Crippen LogP contribution in [0.4, 0.5) is 4.79 Å². The Kier molecular flexibility index (Phi) is 4.27. The molecule has 1 aliphatic rings. The molecule has 0 aliphatic carbocycles. The summed E-state index contributed by atoms with van der Waals surface area (Å²) in [7, 11) is 0. The van der Waals surface area contributed by atoms with Crippen molar-refractivity contribution in [1.82, 2.24) is 4.90 Å². The molecular weight excluding hydrogens is 270 g/mol. The van der Waals surface area contributed by atoms with Gasteiger partial charge in [-0.1, -0.05) is 30.3 Å². The van der Waals surface area contributed by atoms with E-state index in [2.05, 4.69) is 0 Å². The van der Waals surface area contributed by atoms with Gasteiger partial charge in [-0.05, 0) is 12.0 Å². The van der Waals surface area contributed by atoms with Crippen LogP contribution in [-0.2, 0) is 16.1 Å². The van der Waals surface area contributed by atoms with Crippen molar-refractivity contribution in [3.8, 4) is 0 Å². The highest BCUT2D eigenvalue weighted by atomic mass is 35.5. The number of nitrogens with zero attached hydrogens (tertiary/aromatic N) is 1. The minimum Gasteiger partial charge on any atom is -0.480 e. The van der Waals surface area contributed by atoms with Crippen LogP contribution in [0.1, 0.15) is 12.0 Å². The summed E-state index contributed by atoms with van der Waals surface area (Å²) in [5.74, 6) is -1.06. The normalized spacial score (nSPS) is 22.3. The van der Waals surface area contributed by atoms with Crippen LogP contribution in [0, 0.1) is 0 Å². The molecule has 1 N–H and O–H groups in total. The average molecular weight is 284 g/mol. The molecule has 0 spiro atoms. The van der Waals surface area contributed by atoms with E-state index in [0.29, 0.717) is 0 Å². The zero-order chi connectivity index (χ0) is 13.8. The number of rotatable bonds is 3. The van der Waals surface area contributed by atoms with Crippen molar-refractivity contribution in [2.75, 3.05) is 6.54 Å². The molecule has 1 amide bonds. The molecule has 1 saturated heterocycles. The summed E-state index contributed by atoms with van der Waals surface area (Å²) in [5, 5.41) is 8.69. The Hall–Kier alpha value is -1.75. The van der Waals surface area contributed by atoms with E-state index in [4.69, 9.17) is 21.4 Å². The van der Waals surface area contributed by atoms with Crippen molar-refractivity contribution in [2.24, 2.45) is 0 Å². The fourth-order valence-corrected chi connectivity index (χ4v) is 2.34. The highest BCUT2D eigenvalue weighted by Gasteiger charge is 2.39. The minimum absolute atomic E-state index is 0.121. The third kappa shape index (κ3) is 3.38. The van der Waals surface area contributed by atoms with Crippen molar-refractivity contribution in [2.45, 2.75) is 24.4 Å². The van der Waals surface area contributed by atoms with E-state index in [-0.39, 0.29) is 24.9 Å². The van der Waals surface area contributed by atoms with Crippen LogP contribution in [-0.4, -0.2) is 40.0 Å². The molecule has 1 aromatic rings. The van der Waals surface area contributed by atoms with Crippen molar-refractivity contribution in [3.63, 3.8) is 0 Å². The highest BCUT2D eigenvalue weighted by molar-refractivity contribution is 6.21. The average Bonchev–Trinajstić information content (AvgIpc) is 2.79. The van der Waals surface area contributed by atoms with Crippen LogP contribution in [0.25, 0.3) is 0 Å². The van der Waals surface area contributed by atoms with Crippen LogP contribution < -0.4 is 0 Å². The molecule has 1 aromatic carbocycles. The smallest absolute Gasteiger partial charge is 0.410 e. The van der Waals surface area contributed by atoms with Gasteiger partial charge < -0.3 is 9.84 Å². The number of carbonyl (C=O) groups excluding carboxylic acids is 1. The van der Waals surface area contributed by atoms with Gasteiger partial charge in [0.25, 0.3) is 0 Å². The molecule has 2 unspecified atom stereocenters. The molecule has 0 radical (unpaired) electrons. The van der Waals surface area contributed by atoms with Crippen molar-refractivity contribution >= 4 is 23.7 Å². The molecule has 2 rings (SSSR count). The Balaban J connectivity index is 1.94. The number of benzene rings is 1. The van der Waals surface area contributed by atoms with Gasteiger partial charge in [-0.2, -0.15) is 0 Å². The van der Waals surface area contributed by atoms with E-state index in [1.807, 2.05) is 30.3 Å². The number of likely N-dealkylation sites (tertiary alicyclic amines) is 1. The third-order valence-electron chi connectivity index (χ3n) is 2.97. The molecule has 102 valence electrons. The first-order chi connectivity index (χ1) is 9.08. The van der Waals surface area contributed by atoms with Gasteiger partial charge in [0.2, 0.25) is 0 Å². The maximum Gasteiger partial charge on any atom is 0.410 e. The Morgan fingerprint density at radius 3 is 2.68 bits per heavy atom. The molecule has 1 aliphatic heterocycles. The number of carbonyl (C=O) groups is 2. The minimum atomic E-state index is -1.06. The number of alkyl halides is 1. The molecule has 1 heterocycles. The largest absolute Gasteiger partial charge is 0.480 e. The third-order valence-corrected chi connectivity index (χ3v) is 3.29. The zero-order valence-corrected chi connectivity index (χ0v) is 10.9. The quantitative estimate of drug-likeness (QED) is 0.863. The zero-order valence-electron chi connectivity index (χ0n) is 10.2. The van der Waals surface area contributed by atoms with Crippen LogP contribution in [0.15, 0.2) is 30.3 Å². The van der Waals surface area contributed by atoms with E-state index >= 15 is 0 Å². The molecule has 0 saturated carbocycles. The van der Waals surface area contributed by atoms with Gasteiger partial charge in [-0.25, -0.2) is 9.59 Å². The number of aliphatic carboxylic acids is 1. The highest BCUT2D eigenvalue weighted by Crippen LogP contribution is 2.23. The van der Waals surface area contributed by atoms with Crippen LogP contribution >= 0.6 is 11.6 Å². The summed E-state index contributed by atoms with van der Waals surface area (Å²) in [5.41, 5.74) is 0.851. The Morgan fingerprint density at radius 2 is 2.05 bits per heavy atom. The summed E-state index contributed by atoms with van der Waals surface area (Å²) in [4.78, 5) is 24.1. The maximum absolute atomic E-state index is 11.9. The van der Waals surface area contributed by atoms with Crippen molar-refractivity contribution < 1.29 is 19.4 Å². The van der Waals surface area contributed by atoms with E-state index < -0.39 is 18.1 Å². The molecule has 0 bridgehead atoms. The summed E-state index contributed by atoms with van der Waals surface area (Å²) >= 11 is 5.89. The molecular formula is C13H14ClNO4. The van der Waals surface area contributed by atoms with E-state index in [0.717, 1.165) is 5.56 Å². The first-order valence-electron chi connectivity index (χ1n) is 5.92. The summed E-state index contributed by atoms with van der Waals surface area (Å²) in [6.45, 7) is 0.321. The van der Waals surface area contributed by atoms with Gasteiger partial charge in [0.15, 0.2) is 0 Å². The fourth-order valence-electron chi connectivity index (χ4n) is 2.02. The SMILES string of the molecule is O=C(O)C1CC(Cl)CN1C(=O)OCc1ccccc1. The Labute approximate surface area is 115 Å². The van der Waals surface area contributed by atoms with Gasteiger partial charge in [0, 0.05) is 6.54 Å². The van der Waals surface area contributed by atoms with Crippen LogP contribution in [0.5, 0.6) is 0 Å². The topological polar surface area (TPSA) is 66.8 Å². The standard InChI is InChI=1S/C13H14ClNO4/c14-10-6-11(12(16)17)15(7-10)13(18)19-8-9-4-2-1-3-5-9/h1-5,10-11H,6-8H2,(H,16,17). The predicted molar refractivity (Wildman–Crippen MR) is 69.0 cm³/mol. The predicted octanol–water partition coefficient (Wildman–Crippen LogP) is 2.09. The fraction of sp³-hybridized carbons (Fsp3) is 0.385. The second kappa shape index (κ2) is 5.93. The molecule has 6 heteroatoms. The number of hydrogen-bond donors (Lipinski definition) is 1. The maximum atomic E-state index is 11.9. The molecule has 1 fully saturated rings. The number of carboxylic acids is 1. The molecule has 2 atom stereocenters. The Morgan fingerprint density at radius 1 is 1.37 bits per heavy atom. The lowest BCUT2D eigenvalue weighted by Crippen LogP contribution is -2.40. The lowest BCUT2D eigenvalue weighted by Gasteiger charge is -2.20. The van der Waals surface area contributed by atoms with Gasteiger partial charge in [0.1, 0.15) is 12.6 Å². The number of hydrogen-bond acceptors (Lipinski definition) is 3. The molecule has 0 aromatic heterocycles. The van der Waals surface area contributed by atoms with Gasteiger partial charge in [-0.3, -0.25) is 4.90 Å². The molecule has 5 nitrogen and oxygen atoms in total. The Bertz CT molecular complexity index is 465. The lowest BCUT2D eigenvalue weighted by molar-refractivity contribution is -0.141. The van der Waals surface area contributed by atoms with Gasteiger partial charge in [0.05, 0.1) is 5.38 Å². The second-order valence-corrected chi connectivity index (χ2v) is 5.00. The van der Waals surface area contributed by atoms with Crippen molar-refractivity contribution in [1.29, 1.82) is 0 Å². The number of ether oxygens (including phenoxy) is 1. The number of halogens is 1. The van der Waals surface area contributed by atoms with Gasteiger partial charge >= 0.3 is 12.1 Å².